The highest BCUT2D eigenvalue weighted by Crippen LogP contribution is 2.18. The van der Waals surface area contributed by atoms with Gasteiger partial charge in [-0.1, -0.05) is 44.2 Å². The molecule has 3 nitrogen and oxygen atoms in total. The molecular formula is C19H25NO2S. The van der Waals surface area contributed by atoms with Gasteiger partial charge in [0.15, 0.2) is 0 Å². The molecule has 0 unspecified atom stereocenters. The van der Waals surface area contributed by atoms with Crippen molar-refractivity contribution >= 4 is 10.0 Å². The van der Waals surface area contributed by atoms with E-state index in [1.54, 1.807) is 6.07 Å². The van der Waals surface area contributed by atoms with E-state index in [-0.39, 0.29) is 0 Å². The zero-order chi connectivity index (χ0) is 17.0. The summed E-state index contributed by atoms with van der Waals surface area (Å²) in [5, 5.41) is 0. The molecular weight excluding hydrogens is 306 g/mol. The van der Waals surface area contributed by atoms with Crippen LogP contribution in [0.2, 0.25) is 0 Å². The molecule has 4 heteroatoms. The predicted molar refractivity (Wildman–Crippen MR) is 95.1 cm³/mol. The molecule has 0 atom stereocenters. The second-order valence-electron chi connectivity index (χ2n) is 5.90. The Morgan fingerprint density at radius 1 is 0.913 bits per heavy atom. The molecule has 23 heavy (non-hydrogen) atoms. The normalized spacial score (nSPS) is 11.7. The SMILES string of the molecule is CCc1ccc(CC)c(CNS(=O)(=O)c2cc(C)ccc2C)c1. The van der Waals surface area contributed by atoms with Crippen LogP contribution < -0.4 is 4.72 Å². The minimum Gasteiger partial charge on any atom is -0.207 e. The van der Waals surface area contributed by atoms with Crippen molar-refractivity contribution in [3.63, 3.8) is 0 Å². The van der Waals surface area contributed by atoms with Crippen LogP contribution in [-0.2, 0) is 29.4 Å². The number of nitrogens with one attached hydrogen (secondary N) is 1. The fourth-order valence-electron chi connectivity index (χ4n) is 2.66. The van der Waals surface area contributed by atoms with Gasteiger partial charge in [-0.25, -0.2) is 13.1 Å². The van der Waals surface area contributed by atoms with Gasteiger partial charge >= 0.3 is 0 Å². The Kier molecular flexibility index (Phi) is 5.60. The molecule has 0 spiro atoms. The Morgan fingerprint density at radius 3 is 2.30 bits per heavy atom. The van der Waals surface area contributed by atoms with Gasteiger partial charge in [0.25, 0.3) is 0 Å². The number of aryl methyl sites for hydroxylation is 4. The van der Waals surface area contributed by atoms with Crippen LogP contribution in [0.4, 0.5) is 0 Å². The van der Waals surface area contributed by atoms with Crippen molar-refractivity contribution in [2.45, 2.75) is 52.0 Å². The average molecular weight is 331 g/mol. The monoisotopic (exact) mass is 331 g/mol. The summed E-state index contributed by atoms with van der Waals surface area (Å²) in [6, 6.07) is 11.8. The molecule has 0 bridgehead atoms. The van der Waals surface area contributed by atoms with Crippen LogP contribution in [0.5, 0.6) is 0 Å². The summed E-state index contributed by atoms with van der Waals surface area (Å²) < 4.78 is 28.0. The van der Waals surface area contributed by atoms with Crippen LogP contribution >= 0.6 is 0 Å². The number of benzene rings is 2. The average Bonchev–Trinajstić information content (AvgIpc) is 2.54. The first-order chi connectivity index (χ1) is 10.9. The highest BCUT2D eigenvalue weighted by atomic mass is 32.2. The summed E-state index contributed by atoms with van der Waals surface area (Å²) in [7, 11) is -3.51. The van der Waals surface area contributed by atoms with E-state index in [1.807, 2.05) is 26.0 Å². The lowest BCUT2D eigenvalue weighted by molar-refractivity contribution is 0.580. The molecule has 1 N–H and O–H groups in total. The summed E-state index contributed by atoms with van der Waals surface area (Å²) in [4.78, 5) is 0.363. The molecule has 2 rings (SSSR count). The Balaban J connectivity index is 2.27. The molecule has 2 aromatic rings. The highest BCUT2D eigenvalue weighted by molar-refractivity contribution is 7.89. The van der Waals surface area contributed by atoms with E-state index in [0.717, 1.165) is 29.5 Å². The molecule has 0 aliphatic heterocycles. The molecule has 0 aromatic heterocycles. The maximum atomic E-state index is 12.6. The quantitative estimate of drug-likeness (QED) is 0.872. The van der Waals surface area contributed by atoms with Gasteiger partial charge in [-0.05, 0) is 60.6 Å². The third kappa shape index (κ3) is 4.21. The Bertz CT molecular complexity index is 795. The van der Waals surface area contributed by atoms with E-state index >= 15 is 0 Å². The highest BCUT2D eigenvalue weighted by Gasteiger charge is 2.17. The molecule has 0 amide bonds. The summed E-state index contributed by atoms with van der Waals surface area (Å²) >= 11 is 0. The van der Waals surface area contributed by atoms with Crippen LogP contribution in [0.3, 0.4) is 0 Å². The van der Waals surface area contributed by atoms with Crippen LogP contribution in [0.25, 0.3) is 0 Å². The first-order valence-corrected chi connectivity index (χ1v) is 9.53. The van der Waals surface area contributed by atoms with Gasteiger partial charge < -0.3 is 0 Å². The third-order valence-corrected chi connectivity index (χ3v) is 5.69. The van der Waals surface area contributed by atoms with E-state index in [4.69, 9.17) is 0 Å². The fraction of sp³-hybridized carbons (Fsp3) is 0.368. The molecule has 124 valence electrons. The maximum absolute atomic E-state index is 12.6. The molecule has 0 aliphatic rings. The minimum atomic E-state index is -3.51. The maximum Gasteiger partial charge on any atom is 0.241 e. The van der Waals surface area contributed by atoms with Gasteiger partial charge in [-0.3, -0.25) is 0 Å². The minimum absolute atomic E-state index is 0.326. The first kappa shape index (κ1) is 17.7. The second-order valence-corrected chi connectivity index (χ2v) is 7.64. The molecule has 0 radical (unpaired) electrons. The van der Waals surface area contributed by atoms with Gasteiger partial charge in [-0.15, -0.1) is 0 Å². The summed E-state index contributed by atoms with van der Waals surface area (Å²) in [6.07, 6.45) is 1.84. The van der Waals surface area contributed by atoms with E-state index in [1.165, 1.54) is 11.1 Å². The third-order valence-electron chi connectivity index (χ3n) is 4.15. The summed E-state index contributed by atoms with van der Waals surface area (Å²) in [5.41, 5.74) is 5.18. The van der Waals surface area contributed by atoms with Gasteiger partial charge in [0.2, 0.25) is 10.0 Å². The molecule has 0 heterocycles. The van der Waals surface area contributed by atoms with Gasteiger partial charge in [0.1, 0.15) is 0 Å². The number of hydrogen-bond acceptors (Lipinski definition) is 2. The Labute approximate surface area is 139 Å². The number of rotatable bonds is 6. The van der Waals surface area contributed by atoms with Crippen LogP contribution in [0.15, 0.2) is 41.3 Å². The van der Waals surface area contributed by atoms with Crippen molar-refractivity contribution in [1.29, 1.82) is 0 Å². The number of sulfonamides is 1. The smallest absolute Gasteiger partial charge is 0.207 e. The molecule has 0 aliphatic carbocycles. The van der Waals surface area contributed by atoms with E-state index < -0.39 is 10.0 Å². The van der Waals surface area contributed by atoms with E-state index in [0.29, 0.717) is 11.4 Å². The largest absolute Gasteiger partial charge is 0.241 e. The van der Waals surface area contributed by atoms with Crippen LogP contribution in [0, 0.1) is 13.8 Å². The molecule has 0 saturated heterocycles. The molecule has 0 fully saturated rings. The van der Waals surface area contributed by atoms with Crippen LogP contribution in [-0.4, -0.2) is 8.42 Å². The molecule has 0 saturated carbocycles. The van der Waals surface area contributed by atoms with Crippen molar-refractivity contribution in [1.82, 2.24) is 4.72 Å². The summed E-state index contributed by atoms with van der Waals surface area (Å²) in [5.74, 6) is 0. The lowest BCUT2D eigenvalue weighted by Gasteiger charge is -2.13. The second kappa shape index (κ2) is 7.28. The first-order valence-electron chi connectivity index (χ1n) is 8.05. The van der Waals surface area contributed by atoms with E-state index in [9.17, 15) is 8.42 Å². The lowest BCUT2D eigenvalue weighted by Crippen LogP contribution is -2.24. The topological polar surface area (TPSA) is 46.2 Å². The Hall–Kier alpha value is -1.65. The van der Waals surface area contributed by atoms with Crippen molar-refractivity contribution in [2.24, 2.45) is 0 Å². The van der Waals surface area contributed by atoms with Gasteiger partial charge in [0, 0.05) is 6.54 Å². The van der Waals surface area contributed by atoms with Crippen LogP contribution in [0.1, 0.15) is 41.7 Å². The van der Waals surface area contributed by atoms with Gasteiger partial charge in [-0.2, -0.15) is 0 Å². The fourth-order valence-corrected chi connectivity index (χ4v) is 3.99. The summed E-state index contributed by atoms with van der Waals surface area (Å²) in [6.45, 7) is 8.24. The Morgan fingerprint density at radius 2 is 1.65 bits per heavy atom. The van der Waals surface area contributed by atoms with Crippen molar-refractivity contribution in [3.8, 4) is 0 Å². The zero-order valence-electron chi connectivity index (χ0n) is 14.3. The lowest BCUT2D eigenvalue weighted by atomic mass is 10.0. The van der Waals surface area contributed by atoms with Crippen molar-refractivity contribution in [3.05, 3.63) is 64.2 Å². The van der Waals surface area contributed by atoms with E-state index in [2.05, 4.69) is 36.8 Å². The van der Waals surface area contributed by atoms with Gasteiger partial charge in [0.05, 0.1) is 4.90 Å². The molecule has 2 aromatic carbocycles. The van der Waals surface area contributed by atoms with Crippen molar-refractivity contribution in [2.75, 3.05) is 0 Å². The standard InChI is InChI=1S/C19H25NO2S/c1-5-16-9-10-17(6-2)18(12-16)13-20-23(21,22)19-11-14(3)7-8-15(19)4/h7-12,20H,5-6,13H2,1-4H3. The predicted octanol–water partition coefficient (Wildman–Crippen LogP) is 3.91. The zero-order valence-corrected chi connectivity index (χ0v) is 15.1. The van der Waals surface area contributed by atoms with Crippen molar-refractivity contribution < 1.29 is 8.42 Å². The number of hydrogen-bond donors (Lipinski definition) is 1.